The van der Waals surface area contributed by atoms with E-state index in [1.54, 1.807) is 0 Å². The van der Waals surface area contributed by atoms with E-state index in [2.05, 4.69) is 54.0 Å². The summed E-state index contributed by atoms with van der Waals surface area (Å²) in [5, 5.41) is 0. The van der Waals surface area contributed by atoms with Gasteiger partial charge in [-0.2, -0.15) is 0 Å². The molecule has 0 heterocycles. The lowest BCUT2D eigenvalue weighted by Crippen LogP contribution is -2.29. The number of aryl methyl sites for hydroxylation is 2. The maximum absolute atomic E-state index is 6.12. The molecule has 2 N–H and O–H groups in total. The molecule has 0 aromatic heterocycles. The predicted molar refractivity (Wildman–Crippen MR) is 87.1 cm³/mol. The van der Waals surface area contributed by atoms with Crippen molar-refractivity contribution in [2.24, 2.45) is 5.73 Å². The van der Waals surface area contributed by atoms with E-state index in [1.165, 1.54) is 11.1 Å². The van der Waals surface area contributed by atoms with Crippen LogP contribution in [0.4, 0.5) is 0 Å². The van der Waals surface area contributed by atoms with E-state index >= 15 is 0 Å². The van der Waals surface area contributed by atoms with Gasteiger partial charge in [0.25, 0.3) is 0 Å². The lowest BCUT2D eigenvalue weighted by Gasteiger charge is -2.24. The van der Waals surface area contributed by atoms with Crippen molar-refractivity contribution in [1.82, 2.24) is 0 Å². The van der Waals surface area contributed by atoms with Gasteiger partial charge in [-0.3, -0.25) is 0 Å². The molecule has 2 nitrogen and oxygen atoms in total. The van der Waals surface area contributed by atoms with Crippen LogP contribution in [0.15, 0.2) is 46.9 Å². The second-order valence-corrected chi connectivity index (χ2v) is 6.10. The number of benzene rings is 2. The molecule has 20 heavy (non-hydrogen) atoms. The van der Waals surface area contributed by atoms with Gasteiger partial charge >= 0.3 is 0 Å². The van der Waals surface area contributed by atoms with Crippen LogP contribution in [0, 0.1) is 13.8 Å². The second kappa shape index (κ2) is 6.42. The van der Waals surface area contributed by atoms with Gasteiger partial charge in [0.1, 0.15) is 11.9 Å². The van der Waals surface area contributed by atoms with Crippen LogP contribution in [-0.4, -0.2) is 6.04 Å². The normalized spacial score (nSPS) is 13.8. The highest BCUT2D eigenvalue weighted by Crippen LogP contribution is 2.31. The number of nitrogens with two attached hydrogens (primary N) is 1. The van der Waals surface area contributed by atoms with Crippen molar-refractivity contribution in [2.45, 2.75) is 32.9 Å². The van der Waals surface area contributed by atoms with Gasteiger partial charge in [0.2, 0.25) is 0 Å². The number of halogens is 1. The fraction of sp³-hybridized carbons (Fsp3) is 0.294. The first-order valence-electron chi connectivity index (χ1n) is 6.72. The van der Waals surface area contributed by atoms with Crippen molar-refractivity contribution >= 4 is 15.9 Å². The van der Waals surface area contributed by atoms with E-state index in [0.29, 0.717) is 0 Å². The average molecular weight is 334 g/mol. The lowest BCUT2D eigenvalue weighted by molar-refractivity contribution is 0.179. The van der Waals surface area contributed by atoms with Crippen molar-refractivity contribution in [3.63, 3.8) is 0 Å². The van der Waals surface area contributed by atoms with Gasteiger partial charge in [-0.05, 0) is 60.0 Å². The molecule has 0 amide bonds. The molecule has 2 aromatic carbocycles. The SMILES string of the molecule is Cc1ccc(C(Oc2ccc(C)cc2Br)C(C)N)cc1. The van der Waals surface area contributed by atoms with Gasteiger partial charge in [0.15, 0.2) is 0 Å². The summed E-state index contributed by atoms with van der Waals surface area (Å²) < 4.78 is 7.07. The Morgan fingerprint density at radius 3 is 2.15 bits per heavy atom. The van der Waals surface area contributed by atoms with Crippen LogP contribution in [0.3, 0.4) is 0 Å². The van der Waals surface area contributed by atoms with Gasteiger partial charge in [0.05, 0.1) is 4.47 Å². The van der Waals surface area contributed by atoms with Gasteiger partial charge in [-0.25, -0.2) is 0 Å². The minimum absolute atomic E-state index is 0.0918. The highest BCUT2D eigenvalue weighted by atomic mass is 79.9. The van der Waals surface area contributed by atoms with Gasteiger partial charge in [0, 0.05) is 6.04 Å². The van der Waals surface area contributed by atoms with Crippen LogP contribution >= 0.6 is 15.9 Å². The van der Waals surface area contributed by atoms with Gasteiger partial charge in [-0.15, -0.1) is 0 Å². The molecular weight excluding hydrogens is 314 g/mol. The summed E-state index contributed by atoms with van der Waals surface area (Å²) in [6.45, 7) is 6.09. The zero-order valence-corrected chi connectivity index (χ0v) is 13.6. The first-order chi connectivity index (χ1) is 9.47. The minimum atomic E-state index is -0.158. The summed E-state index contributed by atoms with van der Waals surface area (Å²) in [5.41, 5.74) is 9.61. The number of rotatable bonds is 4. The summed E-state index contributed by atoms with van der Waals surface area (Å²) in [6.07, 6.45) is -0.158. The van der Waals surface area contributed by atoms with E-state index in [0.717, 1.165) is 15.8 Å². The number of hydrogen-bond donors (Lipinski definition) is 1. The van der Waals surface area contributed by atoms with Crippen LogP contribution in [0.1, 0.15) is 29.7 Å². The molecule has 2 unspecified atom stereocenters. The van der Waals surface area contributed by atoms with E-state index in [9.17, 15) is 0 Å². The number of ether oxygens (including phenoxy) is 1. The van der Waals surface area contributed by atoms with Crippen molar-refractivity contribution in [2.75, 3.05) is 0 Å². The molecule has 0 saturated carbocycles. The van der Waals surface area contributed by atoms with Crippen molar-refractivity contribution < 1.29 is 4.74 Å². The molecule has 0 spiro atoms. The third-order valence-electron chi connectivity index (χ3n) is 3.22. The van der Waals surface area contributed by atoms with Gasteiger partial charge in [-0.1, -0.05) is 35.9 Å². The first-order valence-corrected chi connectivity index (χ1v) is 7.51. The van der Waals surface area contributed by atoms with Crippen LogP contribution < -0.4 is 10.5 Å². The first kappa shape index (κ1) is 15.1. The summed E-state index contributed by atoms with van der Waals surface area (Å²) >= 11 is 3.54. The minimum Gasteiger partial charge on any atom is -0.483 e. The molecule has 0 aliphatic carbocycles. The fourth-order valence-electron chi connectivity index (χ4n) is 2.07. The quantitative estimate of drug-likeness (QED) is 0.891. The van der Waals surface area contributed by atoms with Crippen LogP contribution in [0.2, 0.25) is 0 Å². The average Bonchev–Trinajstić information content (AvgIpc) is 2.39. The monoisotopic (exact) mass is 333 g/mol. The molecule has 0 aliphatic rings. The molecule has 3 heteroatoms. The molecule has 2 aromatic rings. The Balaban J connectivity index is 2.28. The molecule has 0 saturated heterocycles. The summed E-state index contributed by atoms with van der Waals surface area (Å²) in [4.78, 5) is 0. The van der Waals surface area contributed by atoms with Crippen LogP contribution in [0.25, 0.3) is 0 Å². The van der Waals surface area contributed by atoms with Gasteiger partial charge < -0.3 is 10.5 Å². The summed E-state index contributed by atoms with van der Waals surface area (Å²) in [7, 11) is 0. The molecule has 0 fully saturated rings. The van der Waals surface area contributed by atoms with E-state index in [-0.39, 0.29) is 12.1 Å². The molecule has 0 aliphatic heterocycles. The summed E-state index contributed by atoms with van der Waals surface area (Å²) in [6, 6.07) is 14.3. The van der Waals surface area contributed by atoms with Crippen molar-refractivity contribution in [3.05, 3.63) is 63.6 Å². The van der Waals surface area contributed by atoms with Crippen molar-refractivity contribution in [3.8, 4) is 5.75 Å². The third kappa shape index (κ3) is 3.62. The van der Waals surface area contributed by atoms with E-state index < -0.39 is 0 Å². The Hall–Kier alpha value is -1.32. The maximum Gasteiger partial charge on any atom is 0.139 e. The number of hydrogen-bond acceptors (Lipinski definition) is 2. The largest absolute Gasteiger partial charge is 0.483 e. The summed E-state index contributed by atoms with van der Waals surface area (Å²) in [5.74, 6) is 0.818. The second-order valence-electron chi connectivity index (χ2n) is 5.24. The molecule has 2 atom stereocenters. The highest BCUT2D eigenvalue weighted by Gasteiger charge is 2.19. The zero-order chi connectivity index (χ0) is 14.7. The highest BCUT2D eigenvalue weighted by molar-refractivity contribution is 9.10. The predicted octanol–water partition coefficient (Wildman–Crippen LogP) is 4.53. The smallest absolute Gasteiger partial charge is 0.139 e. The third-order valence-corrected chi connectivity index (χ3v) is 3.84. The molecule has 0 bridgehead atoms. The Morgan fingerprint density at radius 2 is 1.60 bits per heavy atom. The molecule has 106 valence electrons. The Morgan fingerprint density at radius 1 is 1.00 bits per heavy atom. The fourth-order valence-corrected chi connectivity index (χ4v) is 2.66. The zero-order valence-electron chi connectivity index (χ0n) is 12.1. The standard InChI is InChI=1S/C17H20BrNO/c1-11-4-7-14(8-5-11)17(13(3)19)20-16-9-6-12(2)10-15(16)18/h4-10,13,17H,19H2,1-3H3. The molecular formula is C17H20BrNO. The van der Waals surface area contributed by atoms with Crippen molar-refractivity contribution in [1.29, 1.82) is 0 Å². The van der Waals surface area contributed by atoms with Crippen LogP contribution in [0.5, 0.6) is 5.75 Å². The lowest BCUT2D eigenvalue weighted by atomic mass is 10.0. The molecule has 2 rings (SSSR count). The topological polar surface area (TPSA) is 35.2 Å². The van der Waals surface area contributed by atoms with E-state index in [4.69, 9.17) is 10.5 Å². The van der Waals surface area contributed by atoms with Crippen LogP contribution in [-0.2, 0) is 0 Å². The Labute approximate surface area is 129 Å². The Bertz CT molecular complexity index is 578. The Kier molecular flexibility index (Phi) is 4.84. The maximum atomic E-state index is 6.12. The van der Waals surface area contributed by atoms with E-state index in [1.807, 2.05) is 25.1 Å². The molecule has 0 radical (unpaired) electrons.